The first-order chi connectivity index (χ1) is 12.7. The van der Waals surface area contributed by atoms with Gasteiger partial charge in [-0.15, -0.1) is 0 Å². The van der Waals surface area contributed by atoms with Crippen molar-refractivity contribution in [2.24, 2.45) is 0 Å². The van der Waals surface area contributed by atoms with Gasteiger partial charge in [0, 0.05) is 13.1 Å². The summed E-state index contributed by atoms with van der Waals surface area (Å²) in [5.41, 5.74) is -0.0340. The van der Waals surface area contributed by atoms with E-state index in [0.717, 1.165) is 12.1 Å². The quantitative estimate of drug-likeness (QED) is 0.868. The Morgan fingerprint density at radius 1 is 1.15 bits per heavy atom. The highest BCUT2D eigenvalue weighted by Gasteiger charge is 2.31. The molecule has 0 saturated carbocycles. The number of nitrogens with zero attached hydrogens (tertiary/aromatic N) is 1. The molecule has 0 aromatic heterocycles. The first-order valence-corrected chi connectivity index (χ1v) is 9.97. The molecule has 1 saturated heterocycles. The van der Waals surface area contributed by atoms with Crippen molar-refractivity contribution in [3.63, 3.8) is 0 Å². The van der Waals surface area contributed by atoms with Crippen LogP contribution in [0.4, 0.5) is 10.1 Å². The summed E-state index contributed by atoms with van der Waals surface area (Å²) < 4.78 is 46.3. The number of carbonyl (C=O) groups is 1. The molecule has 27 heavy (non-hydrogen) atoms. The lowest BCUT2D eigenvalue weighted by atomic mass is 10.1. The van der Waals surface area contributed by atoms with Crippen molar-refractivity contribution in [2.45, 2.75) is 24.3 Å². The van der Waals surface area contributed by atoms with Crippen LogP contribution in [0, 0.1) is 5.82 Å². The summed E-state index contributed by atoms with van der Waals surface area (Å²) in [6.45, 7) is 5.06. The molecule has 3 rings (SSSR count). The number of carbonyl (C=O) groups excluding carboxylic acids is 1. The Hall–Kier alpha value is -2.45. The van der Waals surface area contributed by atoms with Crippen LogP contribution in [0.3, 0.4) is 0 Å². The Morgan fingerprint density at radius 2 is 1.81 bits per heavy atom. The van der Waals surface area contributed by atoms with E-state index in [1.807, 2.05) is 13.8 Å². The topological polar surface area (TPSA) is 75.7 Å². The number of halogens is 1. The minimum atomic E-state index is -3.95. The molecule has 0 radical (unpaired) electrons. The van der Waals surface area contributed by atoms with Crippen LogP contribution in [0.15, 0.2) is 53.4 Å². The van der Waals surface area contributed by atoms with E-state index in [1.54, 1.807) is 23.1 Å². The molecule has 0 unspecified atom stereocenters. The lowest BCUT2D eigenvalue weighted by Gasteiger charge is -2.38. The maximum atomic E-state index is 13.1. The number of nitrogens with one attached hydrogen (secondary N) is 1. The molecule has 1 amide bonds. The van der Waals surface area contributed by atoms with Crippen LogP contribution in [0.25, 0.3) is 0 Å². The maximum absolute atomic E-state index is 13.1. The Labute approximate surface area is 158 Å². The molecule has 2 aromatic rings. The van der Waals surface area contributed by atoms with E-state index in [-0.39, 0.29) is 22.1 Å². The van der Waals surface area contributed by atoms with E-state index < -0.39 is 21.4 Å². The van der Waals surface area contributed by atoms with E-state index in [9.17, 15) is 17.6 Å². The molecule has 0 atom stereocenters. The van der Waals surface area contributed by atoms with Crippen LogP contribution in [0.1, 0.15) is 24.2 Å². The van der Waals surface area contributed by atoms with E-state index in [1.165, 1.54) is 18.2 Å². The van der Waals surface area contributed by atoms with Gasteiger partial charge in [0.05, 0.1) is 28.4 Å². The monoisotopic (exact) mass is 392 g/mol. The molecule has 0 aliphatic carbocycles. The smallest absolute Gasteiger partial charge is 0.261 e. The van der Waals surface area contributed by atoms with Crippen LogP contribution in [0.5, 0.6) is 0 Å². The van der Waals surface area contributed by atoms with Gasteiger partial charge in [-0.1, -0.05) is 12.1 Å². The minimum Gasteiger partial charge on any atom is -0.372 e. The van der Waals surface area contributed by atoms with Gasteiger partial charge in [-0.2, -0.15) is 0 Å². The van der Waals surface area contributed by atoms with Crippen LogP contribution < -0.4 is 4.72 Å². The van der Waals surface area contributed by atoms with Gasteiger partial charge in [0.25, 0.3) is 15.9 Å². The van der Waals surface area contributed by atoms with Crippen LogP contribution >= 0.6 is 0 Å². The second-order valence-electron chi connectivity index (χ2n) is 6.94. The lowest BCUT2D eigenvalue weighted by molar-refractivity contribution is -0.0763. The average molecular weight is 392 g/mol. The Balaban J connectivity index is 1.88. The van der Waals surface area contributed by atoms with E-state index in [0.29, 0.717) is 19.7 Å². The number of sulfonamides is 1. The molecule has 0 spiro atoms. The zero-order chi connectivity index (χ0) is 19.7. The summed E-state index contributed by atoms with van der Waals surface area (Å²) in [5.74, 6) is -0.803. The minimum absolute atomic E-state index is 0.0846. The fourth-order valence-corrected chi connectivity index (χ4v) is 4.02. The summed E-state index contributed by atoms with van der Waals surface area (Å²) in [5, 5.41) is 0. The standard InChI is InChI=1S/C19H21FN2O4S/c1-19(2)13-22(11-12-26-19)18(23)16-5-3-4-6-17(16)21-27(24,25)15-9-7-14(20)8-10-15/h3-10,21H,11-13H2,1-2H3. The number of anilines is 1. The molecule has 0 bridgehead atoms. The molecular weight excluding hydrogens is 371 g/mol. The lowest BCUT2D eigenvalue weighted by Crippen LogP contribution is -2.50. The van der Waals surface area contributed by atoms with Crippen molar-refractivity contribution in [3.05, 3.63) is 59.9 Å². The van der Waals surface area contributed by atoms with Crippen molar-refractivity contribution >= 4 is 21.6 Å². The molecule has 1 aliphatic rings. The molecule has 144 valence electrons. The van der Waals surface area contributed by atoms with Crippen molar-refractivity contribution in [2.75, 3.05) is 24.4 Å². The van der Waals surface area contributed by atoms with Gasteiger partial charge in [-0.05, 0) is 50.2 Å². The predicted octanol–water partition coefficient (Wildman–Crippen LogP) is 2.88. The third-order valence-electron chi connectivity index (χ3n) is 4.24. The zero-order valence-electron chi connectivity index (χ0n) is 15.1. The highest BCUT2D eigenvalue weighted by molar-refractivity contribution is 7.92. The summed E-state index contributed by atoms with van der Waals surface area (Å²) >= 11 is 0. The fourth-order valence-electron chi connectivity index (χ4n) is 2.94. The number of amides is 1. The number of morpholine rings is 1. The van der Waals surface area contributed by atoms with E-state index >= 15 is 0 Å². The SMILES string of the molecule is CC1(C)CN(C(=O)c2ccccc2NS(=O)(=O)c2ccc(F)cc2)CCO1. The normalized spacial score (nSPS) is 16.8. The van der Waals surface area contributed by atoms with Crippen LogP contribution in [0.2, 0.25) is 0 Å². The summed E-state index contributed by atoms with van der Waals surface area (Å²) in [6, 6.07) is 10.9. The third-order valence-corrected chi connectivity index (χ3v) is 5.62. The zero-order valence-corrected chi connectivity index (χ0v) is 15.9. The third kappa shape index (κ3) is 4.45. The number of hydrogen-bond acceptors (Lipinski definition) is 4. The molecule has 6 nitrogen and oxygen atoms in total. The van der Waals surface area contributed by atoms with Crippen molar-refractivity contribution in [3.8, 4) is 0 Å². The Morgan fingerprint density at radius 3 is 2.48 bits per heavy atom. The van der Waals surface area contributed by atoms with Crippen LogP contribution in [-0.4, -0.2) is 44.5 Å². The number of hydrogen-bond donors (Lipinski definition) is 1. The van der Waals surface area contributed by atoms with Crippen molar-refractivity contribution in [1.82, 2.24) is 4.90 Å². The van der Waals surface area contributed by atoms with Gasteiger partial charge in [0.2, 0.25) is 0 Å². The Kier molecular flexibility index (Phi) is 5.21. The van der Waals surface area contributed by atoms with Gasteiger partial charge >= 0.3 is 0 Å². The van der Waals surface area contributed by atoms with E-state index in [2.05, 4.69) is 4.72 Å². The van der Waals surface area contributed by atoms with Gasteiger partial charge in [-0.3, -0.25) is 9.52 Å². The average Bonchev–Trinajstić information content (AvgIpc) is 2.61. The maximum Gasteiger partial charge on any atom is 0.261 e. The second kappa shape index (κ2) is 7.28. The molecule has 1 aliphatic heterocycles. The van der Waals surface area contributed by atoms with Gasteiger partial charge in [0.1, 0.15) is 5.82 Å². The number of benzene rings is 2. The van der Waals surface area contributed by atoms with E-state index in [4.69, 9.17) is 4.74 Å². The first-order valence-electron chi connectivity index (χ1n) is 8.49. The molecular formula is C19H21FN2O4S. The fraction of sp³-hybridized carbons (Fsp3) is 0.316. The van der Waals surface area contributed by atoms with Crippen molar-refractivity contribution < 1.29 is 22.3 Å². The number of para-hydroxylation sites is 1. The summed E-state index contributed by atoms with van der Waals surface area (Å²) in [4.78, 5) is 14.5. The van der Waals surface area contributed by atoms with Crippen molar-refractivity contribution in [1.29, 1.82) is 0 Å². The van der Waals surface area contributed by atoms with Gasteiger partial charge < -0.3 is 9.64 Å². The predicted molar refractivity (Wildman–Crippen MR) is 99.6 cm³/mol. The number of ether oxygens (including phenoxy) is 1. The van der Waals surface area contributed by atoms with Crippen LogP contribution in [-0.2, 0) is 14.8 Å². The summed E-state index contributed by atoms with van der Waals surface area (Å²) in [6.07, 6.45) is 0. The number of rotatable bonds is 4. The molecule has 8 heteroatoms. The highest BCUT2D eigenvalue weighted by atomic mass is 32.2. The molecule has 1 heterocycles. The summed E-state index contributed by atoms with van der Waals surface area (Å²) in [7, 11) is -3.95. The molecule has 2 aromatic carbocycles. The second-order valence-corrected chi connectivity index (χ2v) is 8.62. The molecule has 1 N–H and O–H groups in total. The first kappa shape index (κ1) is 19.3. The molecule has 1 fully saturated rings. The largest absolute Gasteiger partial charge is 0.372 e. The highest BCUT2D eigenvalue weighted by Crippen LogP contribution is 2.24. The Bertz CT molecular complexity index is 942. The van der Waals surface area contributed by atoms with Gasteiger partial charge in [0.15, 0.2) is 0 Å². The van der Waals surface area contributed by atoms with Gasteiger partial charge in [-0.25, -0.2) is 12.8 Å².